The van der Waals surface area contributed by atoms with Gasteiger partial charge in [0.15, 0.2) is 12.3 Å². The summed E-state index contributed by atoms with van der Waals surface area (Å²) in [6.07, 6.45) is -2.80. The third kappa shape index (κ3) is 3.43. The number of halogens is 1. The van der Waals surface area contributed by atoms with Crippen LogP contribution in [0.15, 0.2) is 17.1 Å². The predicted octanol–water partition coefficient (Wildman–Crippen LogP) is -1.56. The molecule has 5 atom stereocenters. The Kier molecular flexibility index (Phi) is 5.38. The van der Waals surface area contributed by atoms with Crippen molar-refractivity contribution in [1.82, 2.24) is 9.55 Å². The Morgan fingerprint density at radius 2 is 2.12 bits per heavy atom. The molecular weight excluding hydrogens is 351 g/mol. The molecule has 0 unspecified atom stereocenters. The minimum atomic E-state index is -2.96. The van der Waals surface area contributed by atoms with Gasteiger partial charge < -0.3 is 31.2 Å². The second kappa shape index (κ2) is 6.91. The molecule has 2 heterocycles. The molecule has 146 valence electrons. The van der Waals surface area contributed by atoms with E-state index in [0.29, 0.717) is 0 Å². The average molecular weight is 374 g/mol. The summed E-state index contributed by atoms with van der Waals surface area (Å²) in [6, 6.07) is 0.257. The summed E-state index contributed by atoms with van der Waals surface area (Å²) in [5.41, 5.74) is 8.09. The molecule has 0 saturated carbocycles. The molecule has 0 radical (unpaired) electrons. The normalized spacial score (nSPS) is 32.6. The van der Waals surface area contributed by atoms with Crippen molar-refractivity contribution in [3.05, 3.63) is 22.7 Å². The maximum Gasteiger partial charge on any atom is 0.351 e. The lowest BCUT2D eigenvalue weighted by Gasteiger charge is -2.30. The molecular formula is C15H23FN4O6. The average Bonchev–Trinajstić information content (AvgIpc) is 2.73. The summed E-state index contributed by atoms with van der Waals surface area (Å²) in [6.45, 7) is 3.53. The Labute approximate surface area is 148 Å². The molecule has 11 heteroatoms. The molecule has 0 bridgehead atoms. The van der Waals surface area contributed by atoms with Crippen LogP contribution in [0.2, 0.25) is 0 Å². The van der Waals surface area contributed by atoms with Crippen LogP contribution >= 0.6 is 0 Å². The number of ether oxygens (including phenoxy) is 2. The summed E-state index contributed by atoms with van der Waals surface area (Å²) >= 11 is 0. The van der Waals surface area contributed by atoms with E-state index < -0.39 is 48.1 Å². The second-order valence-electron chi connectivity index (χ2n) is 6.72. The molecule has 1 saturated heterocycles. The van der Waals surface area contributed by atoms with Gasteiger partial charge >= 0.3 is 11.7 Å². The molecule has 0 aromatic carbocycles. The van der Waals surface area contributed by atoms with Gasteiger partial charge in [0.25, 0.3) is 5.85 Å². The number of hydrogen-bond donors (Lipinski definition) is 4. The minimum absolute atomic E-state index is 0.0778. The number of nitrogen functional groups attached to an aromatic ring is 1. The van der Waals surface area contributed by atoms with Crippen molar-refractivity contribution in [2.24, 2.45) is 11.7 Å². The zero-order chi connectivity index (χ0) is 19.9. The number of nitrogens with two attached hydrogens (primary N) is 2. The van der Waals surface area contributed by atoms with Crippen molar-refractivity contribution in [2.75, 3.05) is 12.3 Å². The number of aliphatic hydroxyl groups excluding tert-OH is 2. The highest BCUT2D eigenvalue weighted by molar-refractivity contribution is 5.75. The number of nitrogens with zero attached hydrogens (tertiary/aromatic N) is 2. The maximum atomic E-state index is 15.1. The first kappa shape index (κ1) is 20.2. The van der Waals surface area contributed by atoms with Crippen molar-refractivity contribution < 1.29 is 28.9 Å². The lowest BCUT2D eigenvalue weighted by molar-refractivity contribution is -0.245. The van der Waals surface area contributed by atoms with Gasteiger partial charge in [-0.25, -0.2) is 9.18 Å². The smallest absolute Gasteiger partial charge is 0.351 e. The van der Waals surface area contributed by atoms with E-state index in [2.05, 4.69) is 4.98 Å². The highest BCUT2D eigenvalue weighted by atomic mass is 19.2. The van der Waals surface area contributed by atoms with E-state index in [-0.39, 0.29) is 11.7 Å². The van der Waals surface area contributed by atoms with Gasteiger partial charge in [-0.2, -0.15) is 4.98 Å². The van der Waals surface area contributed by atoms with Crippen molar-refractivity contribution in [3.8, 4) is 0 Å². The molecule has 1 aromatic heterocycles. The lowest BCUT2D eigenvalue weighted by Crippen LogP contribution is -2.48. The number of aliphatic hydroxyl groups is 2. The Bertz CT molecular complexity index is 743. The predicted molar refractivity (Wildman–Crippen MR) is 87.3 cm³/mol. The van der Waals surface area contributed by atoms with E-state index in [1.54, 1.807) is 13.8 Å². The number of carbonyl (C=O) groups excluding carboxylic acids is 1. The summed E-state index contributed by atoms with van der Waals surface area (Å²) in [5.74, 6) is -4.17. The van der Waals surface area contributed by atoms with Gasteiger partial charge in [0.1, 0.15) is 24.1 Å². The SMILES string of the molecule is CC(C)[C@H](N)C(=O)OC[C@@]1(F)O[C@@](C)(n2ccc(N)nc2=O)[C@H](O)[C@@H]1O. The molecule has 0 aliphatic carbocycles. The summed E-state index contributed by atoms with van der Waals surface area (Å²) < 4.78 is 25.8. The van der Waals surface area contributed by atoms with Gasteiger partial charge in [-0.3, -0.25) is 9.36 Å². The Morgan fingerprint density at radius 3 is 2.65 bits per heavy atom. The molecule has 1 aliphatic rings. The van der Waals surface area contributed by atoms with Crippen molar-refractivity contribution in [3.63, 3.8) is 0 Å². The molecule has 1 aliphatic heterocycles. The molecule has 0 amide bonds. The molecule has 6 N–H and O–H groups in total. The number of aromatic nitrogens is 2. The van der Waals surface area contributed by atoms with E-state index in [1.807, 2.05) is 0 Å². The van der Waals surface area contributed by atoms with Crippen LogP contribution in [0.25, 0.3) is 0 Å². The molecule has 10 nitrogen and oxygen atoms in total. The number of rotatable bonds is 5. The van der Waals surface area contributed by atoms with Gasteiger partial charge in [0.05, 0.1) is 0 Å². The van der Waals surface area contributed by atoms with E-state index in [4.69, 9.17) is 20.9 Å². The molecule has 2 rings (SSSR count). The first-order chi connectivity index (χ1) is 11.9. The van der Waals surface area contributed by atoms with Crippen LogP contribution in [0.3, 0.4) is 0 Å². The van der Waals surface area contributed by atoms with Crippen LogP contribution in [0.1, 0.15) is 20.8 Å². The van der Waals surface area contributed by atoms with Crippen LogP contribution in [0.5, 0.6) is 0 Å². The third-order valence-corrected chi connectivity index (χ3v) is 4.37. The van der Waals surface area contributed by atoms with E-state index in [9.17, 15) is 19.8 Å². The molecule has 26 heavy (non-hydrogen) atoms. The Morgan fingerprint density at radius 1 is 1.50 bits per heavy atom. The number of esters is 1. The molecule has 0 spiro atoms. The van der Waals surface area contributed by atoms with Gasteiger partial charge in [-0.05, 0) is 18.9 Å². The van der Waals surface area contributed by atoms with Crippen LogP contribution in [0.4, 0.5) is 10.2 Å². The lowest BCUT2D eigenvalue weighted by atomic mass is 10.0. The quantitative estimate of drug-likeness (QED) is 0.446. The van der Waals surface area contributed by atoms with E-state index in [1.165, 1.54) is 13.0 Å². The van der Waals surface area contributed by atoms with Gasteiger partial charge in [-0.1, -0.05) is 13.8 Å². The van der Waals surface area contributed by atoms with E-state index in [0.717, 1.165) is 10.8 Å². The summed E-state index contributed by atoms with van der Waals surface area (Å²) in [4.78, 5) is 27.3. The molecule has 1 aromatic rings. The second-order valence-corrected chi connectivity index (χ2v) is 6.72. The number of anilines is 1. The fraction of sp³-hybridized carbons (Fsp3) is 0.667. The summed E-state index contributed by atoms with van der Waals surface area (Å²) in [5, 5.41) is 20.4. The topological polar surface area (TPSA) is 163 Å². The minimum Gasteiger partial charge on any atom is -0.458 e. The Balaban J connectivity index is 2.25. The summed E-state index contributed by atoms with van der Waals surface area (Å²) in [7, 11) is 0. The van der Waals surface area contributed by atoms with Gasteiger partial charge in [0, 0.05) is 6.20 Å². The largest absolute Gasteiger partial charge is 0.458 e. The zero-order valence-corrected chi connectivity index (χ0v) is 14.6. The van der Waals surface area contributed by atoms with E-state index >= 15 is 4.39 Å². The number of carbonyl (C=O) groups is 1. The van der Waals surface area contributed by atoms with Gasteiger partial charge in [-0.15, -0.1) is 0 Å². The third-order valence-electron chi connectivity index (χ3n) is 4.37. The highest BCUT2D eigenvalue weighted by Crippen LogP contribution is 2.42. The van der Waals surface area contributed by atoms with Crippen LogP contribution in [-0.4, -0.2) is 56.4 Å². The number of alkyl halides is 1. The van der Waals surface area contributed by atoms with Crippen molar-refractivity contribution in [1.29, 1.82) is 0 Å². The number of hydrogen-bond acceptors (Lipinski definition) is 9. The van der Waals surface area contributed by atoms with Crippen molar-refractivity contribution >= 4 is 11.8 Å². The first-order valence-electron chi connectivity index (χ1n) is 7.95. The molecule has 1 fully saturated rings. The standard InChI is InChI=1S/C15H23FN4O6/c1-7(2)9(18)12(23)25-6-15(16)11(22)10(21)14(3,26-15)20-5-4-8(17)19-13(20)24/h4-5,7,9-11,21-22H,6,18H2,1-3H3,(H2,17,19,24)/t9-,10+,11-,14+,15+/m0/s1. The maximum absolute atomic E-state index is 15.1. The highest BCUT2D eigenvalue weighted by Gasteiger charge is 2.63. The van der Waals surface area contributed by atoms with Crippen molar-refractivity contribution in [2.45, 2.75) is 50.6 Å². The zero-order valence-electron chi connectivity index (χ0n) is 14.6. The first-order valence-corrected chi connectivity index (χ1v) is 7.95. The fourth-order valence-corrected chi connectivity index (χ4v) is 2.59. The van der Waals surface area contributed by atoms with Crippen LogP contribution in [0, 0.1) is 5.92 Å². The van der Waals surface area contributed by atoms with Crippen LogP contribution < -0.4 is 17.2 Å². The monoisotopic (exact) mass is 374 g/mol. The fourth-order valence-electron chi connectivity index (χ4n) is 2.59. The van der Waals surface area contributed by atoms with Crippen LogP contribution in [-0.2, 0) is 20.0 Å². The van der Waals surface area contributed by atoms with Gasteiger partial charge in [0.2, 0.25) is 0 Å². The Hall–Kier alpha value is -2.08.